The minimum Gasteiger partial charge on any atom is -0.481 e. The molecule has 0 aromatic rings. The van der Waals surface area contributed by atoms with Gasteiger partial charge in [0.25, 0.3) is 0 Å². The van der Waals surface area contributed by atoms with Gasteiger partial charge in [0, 0.05) is 18.6 Å². The van der Waals surface area contributed by atoms with Crippen LogP contribution in [0.3, 0.4) is 0 Å². The standard InChI is InChI=1S/C15H26N2O2/c18-15(19)12-9-11(13-5-1-3-7-16-13)10-17-8-4-2-6-14(12)17/h11-14,16H,1-10H2,(H,18,19)/t11-,12+,13-,14+/m1/s1. The number of carboxylic acid groups (broad SMARTS) is 1. The largest absolute Gasteiger partial charge is 0.481 e. The summed E-state index contributed by atoms with van der Waals surface area (Å²) in [6.45, 7) is 3.34. The first-order valence-corrected chi connectivity index (χ1v) is 7.96. The molecule has 3 saturated heterocycles. The molecule has 3 aliphatic heterocycles. The molecule has 0 aromatic heterocycles. The fraction of sp³-hybridized carbons (Fsp3) is 0.933. The molecule has 3 aliphatic rings. The van der Waals surface area contributed by atoms with Crippen molar-refractivity contribution in [3.8, 4) is 0 Å². The van der Waals surface area contributed by atoms with E-state index in [0.29, 0.717) is 18.0 Å². The molecule has 0 radical (unpaired) electrons. The Bertz CT molecular complexity index is 328. The van der Waals surface area contributed by atoms with Gasteiger partial charge in [0.2, 0.25) is 0 Å². The fourth-order valence-electron chi connectivity index (χ4n) is 4.40. The van der Waals surface area contributed by atoms with Gasteiger partial charge in [-0.05, 0) is 51.1 Å². The first-order chi connectivity index (χ1) is 9.25. The van der Waals surface area contributed by atoms with Gasteiger partial charge in [-0.2, -0.15) is 0 Å². The Kier molecular flexibility index (Phi) is 4.08. The molecule has 3 fully saturated rings. The maximum atomic E-state index is 11.6. The fourth-order valence-corrected chi connectivity index (χ4v) is 4.40. The van der Waals surface area contributed by atoms with Crippen LogP contribution in [-0.2, 0) is 4.79 Å². The topological polar surface area (TPSA) is 52.6 Å². The predicted octanol–water partition coefficient (Wildman–Crippen LogP) is 1.70. The summed E-state index contributed by atoms with van der Waals surface area (Å²) in [4.78, 5) is 14.1. The number of nitrogens with zero attached hydrogens (tertiary/aromatic N) is 1. The molecule has 0 amide bonds. The van der Waals surface area contributed by atoms with Crippen LogP contribution in [0.1, 0.15) is 44.9 Å². The van der Waals surface area contributed by atoms with E-state index in [-0.39, 0.29) is 5.92 Å². The van der Waals surface area contributed by atoms with Crippen molar-refractivity contribution in [1.82, 2.24) is 10.2 Å². The van der Waals surface area contributed by atoms with Crippen molar-refractivity contribution in [2.45, 2.75) is 57.0 Å². The zero-order valence-electron chi connectivity index (χ0n) is 11.7. The Balaban J connectivity index is 1.71. The summed E-state index contributed by atoms with van der Waals surface area (Å²) in [7, 11) is 0. The van der Waals surface area contributed by atoms with Gasteiger partial charge in [0.05, 0.1) is 5.92 Å². The average Bonchev–Trinajstić information content (AvgIpc) is 2.47. The number of piperidine rings is 3. The van der Waals surface area contributed by atoms with Gasteiger partial charge in [0.15, 0.2) is 0 Å². The van der Waals surface area contributed by atoms with E-state index in [1.165, 1.54) is 32.1 Å². The molecule has 19 heavy (non-hydrogen) atoms. The molecule has 0 spiro atoms. The number of carbonyl (C=O) groups is 1. The summed E-state index contributed by atoms with van der Waals surface area (Å²) in [5, 5.41) is 13.2. The van der Waals surface area contributed by atoms with Gasteiger partial charge in [0.1, 0.15) is 0 Å². The van der Waals surface area contributed by atoms with Crippen LogP contribution in [0.25, 0.3) is 0 Å². The van der Waals surface area contributed by atoms with Crippen molar-refractivity contribution in [3.05, 3.63) is 0 Å². The van der Waals surface area contributed by atoms with Crippen molar-refractivity contribution in [2.75, 3.05) is 19.6 Å². The first-order valence-electron chi connectivity index (χ1n) is 7.96. The highest BCUT2D eigenvalue weighted by Crippen LogP contribution is 2.36. The van der Waals surface area contributed by atoms with Crippen LogP contribution in [-0.4, -0.2) is 47.7 Å². The molecule has 4 nitrogen and oxygen atoms in total. The zero-order chi connectivity index (χ0) is 13.2. The minimum absolute atomic E-state index is 0.136. The molecular formula is C15H26N2O2. The van der Waals surface area contributed by atoms with E-state index >= 15 is 0 Å². The van der Waals surface area contributed by atoms with Crippen molar-refractivity contribution in [1.29, 1.82) is 0 Å². The molecule has 0 aliphatic carbocycles. The normalized spacial score (nSPS) is 40.6. The lowest BCUT2D eigenvalue weighted by Gasteiger charge is -2.48. The van der Waals surface area contributed by atoms with Gasteiger partial charge < -0.3 is 10.4 Å². The Labute approximate surface area is 115 Å². The summed E-state index contributed by atoms with van der Waals surface area (Å²) in [6, 6.07) is 0.865. The van der Waals surface area contributed by atoms with Gasteiger partial charge in [-0.15, -0.1) is 0 Å². The minimum atomic E-state index is -0.572. The Morgan fingerprint density at radius 2 is 2.00 bits per heavy atom. The lowest BCUT2D eigenvalue weighted by Crippen LogP contribution is -2.57. The van der Waals surface area contributed by atoms with Crippen LogP contribution in [0.2, 0.25) is 0 Å². The van der Waals surface area contributed by atoms with Gasteiger partial charge in [-0.3, -0.25) is 9.69 Å². The highest BCUT2D eigenvalue weighted by molar-refractivity contribution is 5.71. The van der Waals surface area contributed by atoms with E-state index in [1.807, 2.05) is 0 Å². The lowest BCUT2D eigenvalue weighted by molar-refractivity contribution is -0.148. The van der Waals surface area contributed by atoms with Gasteiger partial charge in [-0.1, -0.05) is 12.8 Å². The summed E-state index contributed by atoms with van der Waals surface area (Å²) in [5.41, 5.74) is 0. The second-order valence-electron chi connectivity index (χ2n) is 6.55. The molecule has 108 valence electrons. The summed E-state index contributed by atoms with van der Waals surface area (Å²) in [6.07, 6.45) is 8.23. The van der Waals surface area contributed by atoms with Crippen molar-refractivity contribution in [2.24, 2.45) is 11.8 Å². The quantitative estimate of drug-likeness (QED) is 0.799. The number of fused-ring (bicyclic) bond motifs is 1. The highest BCUT2D eigenvalue weighted by atomic mass is 16.4. The van der Waals surface area contributed by atoms with E-state index < -0.39 is 5.97 Å². The van der Waals surface area contributed by atoms with Crippen molar-refractivity contribution >= 4 is 5.97 Å². The third kappa shape index (κ3) is 2.79. The summed E-state index contributed by atoms with van der Waals surface area (Å²) < 4.78 is 0. The number of hydrogen-bond acceptors (Lipinski definition) is 3. The van der Waals surface area contributed by atoms with Crippen LogP contribution >= 0.6 is 0 Å². The van der Waals surface area contributed by atoms with Gasteiger partial charge in [-0.25, -0.2) is 0 Å². The van der Waals surface area contributed by atoms with E-state index in [0.717, 1.165) is 32.5 Å². The zero-order valence-corrected chi connectivity index (χ0v) is 11.7. The maximum Gasteiger partial charge on any atom is 0.308 e. The van der Waals surface area contributed by atoms with Gasteiger partial charge >= 0.3 is 5.97 Å². The van der Waals surface area contributed by atoms with E-state index in [4.69, 9.17) is 0 Å². The molecule has 4 atom stereocenters. The van der Waals surface area contributed by atoms with Crippen LogP contribution in [0.5, 0.6) is 0 Å². The Morgan fingerprint density at radius 1 is 1.16 bits per heavy atom. The number of carboxylic acids is 1. The second kappa shape index (κ2) is 5.80. The number of rotatable bonds is 2. The SMILES string of the molecule is O=C(O)[C@H]1C[C@@H]([C@H]2CCCCN2)CN2CCCC[C@@H]12. The van der Waals surface area contributed by atoms with E-state index in [9.17, 15) is 9.90 Å². The first kappa shape index (κ1) is 13.4. The van der Waals surface area contributed by atoms with Crippen LogP contribution in [0.15, 0.2) is 0 Å². The molecule has 3 heterocycles. The monoisotopic (exact) mass is 266 g/mol. The molecular weight excluding hydrogens is 240 g/mol. The summed E-state index contributed by atoms with van der Waals surface area (Å²) >= 11 is 0. The molecule has 2 N–H and O–H groups in total. The molecule has 4 heteroatoms. The van der Waals surface area contributed by atoms with Crippen molar-refractivity contribution < 1.29 is 9.90 Å². The lowest BCUT2D eigenvalue weighted by atomic mass is 9.75. The Hall–Kier alpha value is -0.610. The Morgan fingerprint density at radius 3 is 2.74 bits per heavy atom. The molecule has 0 saturated carbocycles. The second-order valence-corrected chi connectivity index (χ2v) is 6.55. The van der Waals surface area contributed by atoms with Crippen molar-refractivity contribution in [3.63, 3.8) is 0 Å². The smallest absolute Gasteiger partial charge is 0.308 e. The summed E-state index contributed by atoms with van der Waals surface area (Å²) in [5.74, 6) is -0.170. The molecule has 0 bridgehead atoms. The van der Waals surface area contributed by atoms with Crippen LogP contribution < -0.4 is 5.32 Å². The van der Waals surface area contributed by atoms with Crippen LogP contribution in [0, 0.1) is 11.8 Å². The number of hydrogen-bond donors (Lipinski definition) is 2. The van der Waals surface area contributed by atoms with E-state index in [2.05, 4.69) is 10.2 Å². The average molecular weight is 266 g/mol. The highest BCUT2D eigenvalue weighted by Gasteiger charge is 2.43. The molecule has 0 aromatic carbocycles. The molecule has 0 unspecified atom stereocenters. The predicted molar refractivity (Wildman–Crippen MR) is 74.1 cm³/mol. The molecule has 3 rings (SSSR count). The van der Waals surface area contributed by atoms with E-state index in [1.54, 1.807) is 0 Å². The maximum absolute atomic E-state index is 11.6. The third-order valence-corrected chi connectivity index (χ3v) is 5.39. The van der Waals surface area contributed by atoms with Crippen LogP contribution in [0.4, 0.5) is 0 Å². The number of nitrogens with one attached hydrogen (secondary N) is 1. The third-order valence-electron chi connectivity index (χ3n) is 5.39. The number of aliphatic carboxylic acids is 1.